The van der Waals surface area contributed by atoms with Crippen LogP contribution in [0.3, 0.4) is 0 Å². The molecule has 1 aromatic heterocycles. The Morgan fingerprint density at radius 2 is 2.21 bits per heavy atom. The molecule has 2 aromatic rings. The maximum absolute atomic E-state index is 12.0. The smallest absolute Gasteiger partial charge is 0.336 e. The molecule has 1 aromatic carbocycles. The van der Waals surface area contributed by atoms with Gasteiger partial charge in [-0.3, -0.25) is 4.79 Å². The normalized spacial score (nSPS) is 16.2. The molecular weight excluding hydrogens is 308 g/mol. The van der Waals surface area contributed by atoms with Gasteiger partial charge < -0.3 is 14.5 Å². The van der Waals surface area contributed by atoms with Gasteiger partial charge in [0.1, 0.15) is 16.9 Å². The van der Waals surface area contributed by atoms with Crippen molar-refractivity contribution in [3.63, 3.8) is 0 Å². The van der Waals surface area contributed by atoms with E-state index in [-0.39, 0.29) is 18.4 Å². The number of nitrogens with zero attached hydrogens (tertiary/aromatic N) is 1. The van der Waals surface area contributed by atoms with Gasteiger partial charge in [0, 0.05) is 17.5 Å². The summed E-state index contributed by atoms with van der Waals surface area (Å²) < 4.78 is 10.6. The van der Waals surface area contributed by atoms with E-state index >= 15 is 0 Å². The number of carbonyl (C=O) groups excluding carboxylic acids is 1. The summed E-state index contributed by atoms with van der Waals surface area (Å²) in [6, 6.07) is 8.68. The summed E-state index contributed by atoms with van der Waals surface area (Å²) >= 11 is 0. The Balaban J connectivity index is 1.68. The highest BCUT2D eigenvalue weighted by Gasteiger charge is 2.43. The molecule has 6 heteroatoms. The van der Waals surface area contributed by atoms with E-state index < -0.39 is 11.2 Å². The number of amides is 1. The highest BCUT2D eigenvalue weighted by atomic mass is 16.5. The van der Waals surface area contributed by atoms with Crippen LogP contribution >= 0.6 is 0 Å². The molecule has 3 rings (SSSR count). The van der Waals surface area contributed by atoms with Crippen LogP contribution in [0.4, 0.5) is 0 Å². The van der Waals surface area contributed by atoms with Gasteiger partial charge in [0.15, 0.2) is 6.61 Å². The fourth-order valence-electron chi connectivity index (χ4n) is 2.75. The molecule has 0 saturated heterocycles. The van der Waals surface area contributed by atoms with Crippen molar-refractivity contribution in [2.75, 3.05) is 6.61 Å². The van der Waals surface area contributed by atoms with Crippen LogP contribution in [-0.2, 0) is 4.79 Å². The summed E-state index contributed by atoms with van der Waals surface area (Å²) in [4.78, 5) is 23.5. The fourth-order valence-corrected chi connectivity index (χ4v) is 2.75. The van der Waals surface area contributed by atoms with Crippen molar-refractivity contribution in [1.29, 1.82) is 5.26 Å². The number of aryl methyl sites for hydroxylation is 1. The molecule has 1 N–H and O–H groups in total. The lowest BCUT2D eigenvalue weighted by molar-refractivity contribution is -0.124. The third-order valence-corrected chi connectivity index (χ3v) is 4.32. The number of hydrogen-bond donors (Lipinski definition) is 1. The van der Waals surface area contributed by atoms with Crippen molar-refractivity contribution in [1.82, 2.24) is 5.32 Å². The molecule has 1 aliphatic carbocycles. The summed E-state index contributed by atoms with van der Waals surface area (Å²) in [7, 11) is 0. The zero-order valence-corrected chi connectivity index (χ0v) is 13.6. The Morgan fingerprint density at radius 3 is 2.88 bits per heavy atom. The van der Waals surface area contributed by atoms with Gasteiger partial charge in [0.05, 0.1) is 6.07 Å². The Hall–Kier alpha value is -2.81. The molecule has 1 saturated carbocycles. The molecule has 0 bridgehead atoms. The molecule has 124 valence electrons. The molecule has 1 fully saturated rings. The molecule has 0 unspecified atom stereocenters. The lowest BCUT2D eigenvalue weighted by Crippen LogP contribution is -2.48. The van der Waals surface area contributed by atoms with Gasteiger partial charge >= 0.3 is 5.63 Å². The van der Waals surface area contributed by atoms with E-state index in [2.05, 4.69) is 11.4 Å². The lowest BCUT2D eigenvalue weighted by Gasteiger charge is -2.22. The Kier molecular flexibility index (Phi) is 4.02. The second-order valence-corrected chi connectivity index (χ2v) is 6.33. The van der Waals surface area contributed by atoms with E-state index in [1.54, 1.807) is 25.1 Å². The van der Waals surface area contributed by atoms with E-state index in [1.807, 2.05) is 6.92 Å². The summed E-state index contributed by atoms with van der Waals surface area (Å²) in [6.45, 7) is 3.36. The van der Waals surface area contributed by atoms with E-state index in [1.165, 1.54) is 6.07 Å². The average molecular weight is 326 g/mol. The van der Waals surface area contributed by atoms with Crippen LogP contribution in [0.1, 0.15) is 25.3 Å². The minimum Gasteiger partial charge on any atom is -0.484 e. The molecule has 1 heterocycles. The number of hydrogen-bond acceptors (Lipinski definition) is 5. The third kappa shape index (κ3) is 3.25. The number of ether oxygens (including phenoxy) is 1. The van der Waals surface area contributed by atoms with Crippen LogP contribution in [0, 0.1) is 24.2 Å². The Morgan fingerprint density at radius 1 is 1.46 bits per heavy atom. The first-order valence-electron chi connectivity index (χ1n) is 7.81. The van der Waals surface area contributed by atoms with E-state index in [0.29, 0.717) is 11.3 Å². The zero-order chi connectivity index (χ0) is 17.3. The quantitative estimate of drug-likeness (QED) is 0.851. The van der Waals surface area contributed by atoms with Crippen LogP contribution in [-0.4, -0.2) is 18.1 Å². The summed E-state index contributed by atoms with van der Waals surface area (Å²) in [5.74, 6) is 0.289. The number of carbonyl (C=O) groups is 1. The fraction of sp³-hybridized carbons (Fsp3) is 0.389. The molecule has 24 heavy (non-hydrogen) atoms. The van der Waals surface area contributed by atoms with Crippen molar-refractivity contribution < 1.29 is 13.9 Å². The molecule has 1 atom stereocenters. The van der Waals surface area contributed by atoms with Crippen LogP contribution in [0.2, 0.25) is 0 Å². The van der Waals surface area contributed by atoms with Gasteiger partial charge in [0.25, 0.3) is 5.91 Å². The molecule has 6 nitrogen and oxygen atoms in total. The van der Waals surface area contributed by atoms with Crippen LogP contribution in [0.5, 0.6) is 5.75 Å². The van der Waals surface area contributed by atoms with Gasteiger partial charge in [-0.25, -0.2) is 4.79 Å². The maximum atomic E-state index is 12.0. The van der Waals surface area contributed by atoms with Crippen molar-refractivity contribution in [2.45, 2.75) is 32.2 Å². The Labute approximate surface area is 139 Å². The first-order chi connectivity index (χ1) is 11.4. The van der Waals surface area contributed by atoms with Gasteiger partial charge in [-0.05, 0) is 50.3 Å². The largest absolute Gasteiger partial charge is 0.484 e. The molecule has 0 aliphatic heterocycles. The van der Waals surface area contributed by atoms with Crippen LogP contribution in [0.25, 0.3) is 11.0 Å². The van der Waals surface area contributed by atoms with Crippen molar-refractivity contribution in [3.8, 4) is 11.8 Å². The number of benzene rings is 1. The van der Waals surface area contributed by atoms with Crippen molar-refractivity contribution in [3.05, 3.63) is 40.2 Å². The van der Waals surface area contributed by atoms with Gasteiger partial charge in [-0.2, -0.15) is 5.26 Å². The first-order valence-corrected chi connectivity index (χ1v) is 7.81. The van der Waals surface area contributed by atoms with Crippen molar-refractivity contribution in [2.24, 2.45) is 5.92 Å². The standard InChI is InChI=1S/C18H18N2O4/c1-11-7-17(22)24-15-8-13(5-6-14(11)15)23-9-16(21)20-18(2,10-19)12-3-4-12/h5-8,12H,3-4,9H2,1-2H3,(H,20,21)/t18-/m0/s1. The van der Waals surface area contributed by atoms with Crippen molar-refractivity contribution >= 4 is 16.9 Å². The second kappa shape index (κ2) is 6.00. The predicted octanol–water partition coefficient (Wildman–Crippen LogP) is 2.29. The average Bonchev–Trinajstić information content (AvgIpc) is 3.37. The summed E-state index contributed by atoms with van der Waals surface area (Å²) in [5.41, 5.74) is -0.0325. The summed E-state index contributed by atoms with van der Waals surface area (Å²) in [5, 5.41) is 12.8. The van der Waals surface area contributed by atoms with E-state index in [0.717, 1.165) is 23.8 Å². The van der Waals surface area contributed by atoms with Gasteiger partial charge in [-0.1, -0.05) is 0 Å². The molecule has 0 spiro atoms. The molecular formula is C18H18N2O4. The first kappa shape index (κ1) is 16.1. The lowest BCUT2D eigenvalue weighted by atomic mass is 9.98. The van der Waals surface area contributed by atoms with Gasteiger partial charge in [-0.15, -0.1) is 0 Å². The van der Waals surface area contributed by atoms with Crippen LogP contribution < -0.4 is 15.7 Å². The molecule has 1 aliphatic rings. The number of nitriles is 1. The maximum Gasteiger partial charge on any atom is 0.336 e. The van der Waals surface area contributed by atoms with E-state index in [4.69, 9.17) is 9.15 Å². The third-order valence-electron chi connectivity index (χ3n) is 4.32. The Bertz CT molecular complexity index is 892. The summed E-state index contributed by atoms with van der Waals surface area (Å²) in [6.07, 6.45) is 1.91. The van der Waals surface area contributed by atoms with E-state index in [9.17, 15) is 14.9 Å². The second-order valence-electron chi connectivity index (χ2n) is 6.33. The highest BCUT2D eigenvalue weighted by molar-refractivity contribution is 5.82. The predicted molar refractivity (Wildman–Crippen MR) is 87.6 cm³/mol. The molecule has 1 amide bonds. The highest BCUT2D eigenvalue weighted by Crippen LogP contribution is 2.39. The minimum atomic E-state index is -0.840. The number of rotatable bonds is 5. The minimum absolute atomic E-state index is 0.203. The van der Waals surface area contributed by atoms with Crippen LogP contribution in [0.15, 0.2) is 33.5 Å². The number of fused-ring (bicyclic) bond motifs is 1. The topological polar surface area (TPSA) is 92.3 Å². The number of nitrogens with one attached hydrogen (secondary N) is 1. The van der Waals surface area contributed by atoms with Gasteiger partial charge in [0.2, 0.25) is 0 Å². The molecule has 0 radical (unpaired) electrons. The SMILES string of the molecule is Cc1cc(=O)oc2cc(OCC(=O)N[C@@](C)(C#N)C3CC3)ccc12. The zero-order valence-electron chi connectivity index (χ0n) is 13.6. The monoisotopic (exact) mass is 326 g/mol.